The summed E-state index contributed by atoms with van der Waals surface area (Å²) < 4.78 is 11.8. The van der Waals surface area contributed by atoms with E-state index in [2.05, 4.69) is 65.1 Å². The number of hydrogen-bond acceptors (Lipinski definition) is 5. The maximum atomic E-state index is 6.00. The summed E-state index contributed by atoms with van der Waals surface area (Å²) in [5, 5.41) is 0. The molecule has 2 heterocycles. The number of aryl methyl sites for hydroxylation is 2. The molecule has 0 aromatic heterocycles. The number of likely N-dealkylation sites (N-methyl/N-ethyl adjacent to an activating group) is 1. The molecule has 0 radical (unpaired) electrons. The van der Waals surface area contributed by atoms with Crippen LogP contribution >= 0.6 is 0 Å². The standard InChI is InChI=1S/C30H45N3O2/c1-26-7-11-29(12-8-26)34-23-4-24-35-30-6-3-5-28(25-30)10-9-27-13-15-32(16-14-27)21-22-33-19-17-31(2)18-20-33/h3,5-8,11-12,25,27H,4,9-10,13-24H2,1-2H3. The van der Waals surface area contributed by atoms with E-state index in [9.17, 15) is 0 Å². The normalized spacial score (nSPS) is 18.6. The van der Waals surface area contributed by atoms with Gasteiger partial charge in [0, 0.05) is 45.7 Å². The van der Waals surface area contributed by atoms with Gasteiger partial charge < -0.3 is 19.3 Å². The van der Waals surface area contributed by atoms with Gasteiger partial charge in [0.15, 0.2) is 0 Å². The van der Waals surface area contributed by atoms with Crippen LogP contribution < -0.4 is 9.47 Å². The van der Waals surface area contributed by atoms with Crippen LogP contribution in [0, 0.1) is 12.8 Å². The van der Waals surface area contributed by atoms with Crippen molar-refractivity contribution in [3.05, 3.63) is 59.7 Å². The lowest BCUT2D eigenvalue weighted by atomic mass is 9.90. The Labute approximate surface area is 213 Å². The monoisotopic (exact) mass is 479 g/mol. The Bertz CT molecular complexity index is 856. The minimum absolute atomic E-state index is 0.677. The second-order valence-corrected chi connectivity index (χ2v) is 10.5. The molecule has 2 fully saturated rings. The molecular weight excluding hydrogens is 434 g/mol. The molecule has 5 heteroatoms. The van der Waals surface area contributed by atoms with Crippen molar-refractivity contribution in [2.75, 3.05) is 72.6 Å². The van der Waals surface area contributed by atoms with Crippen LogP contribution in [0.1, 0.15) is 36.8 Å². The second kappa shape index (κ2) is 13.9. The van der Waals surface area contributed by atoms with E-state index in [0.29, 0.717) is 13.2 Å². The summed E-state index contributed by atoms with van der Waals surface area (Å²) in [5.74, 6) is 2.77. The smallest absolute Gasteiger partial charge is 0.119 e. The number of benzene rings is 2. The van der Waals surface area contributed by atoms with Gasteiger partial charge in [0.25, 0.3) is 0 Å². The first-order chi connectivity index (χ1) is 17.1. The molecule has 2 saturated heterocycles. The van der Waals surface area contributed by atoms with Crippen molar-refractivity contribution in [2.45, 2.75) is 39.0 Å². The molecule has 2 aliphatic heterocycles. The van der Waals surface area contributed by atoms with Gasteiger partial charge in [-0.2, -0.15) is 0 Å². The number of likely N-dealkylation sites (tertiary alicyclic amines) is 1. The van der Waals surface area contributed by atoms with Gasteiger partial charge in [-0.05, 0) is 88.5 Å². The van der Waals surface area contributed by atoms with Crippen LogP contribution in [-0.2, 0) is 6.42 Å². The van der Waals surface area contributed by atoms with Gasteiger partial charge in [-0.1, -0.05) is 29.8 Å². The predicted molar refractivity (Wildman–Crippen MR) is 145 cm³/mol. The molecule has 0 spiro atoms. The summed E-state index contributed by atoms with van der Waals surface area (Å²) >= 11 is 0. The molecule has 0 aliphatic carbocycles. The largest absolute Gasteiger partial charge is 0.493 e. The Morgan fingerprint density at radius 1 is 0.771 bits per heavy atom. The Morgan fingerprint density at radius 3 is 2.14 bits per heavy atom. The lowest BCUT2D eigenvalue weighted by Gasteiger charge is -2.36. The minimum Gasteiger partial charge on any atom is -0.493 e. The van der Waals surface area contributed by atoms with E-state index in [0.717, 1.165) is 30.3 Å². The number of piperazine rings is 1. The van der Waals surface area contributed by atoms with Crippen LogP contribution in [-0.4, -0.2) is 87.3 Å². The van der Waals surface area contributed by atoms with Gasteiger partial charge in [-0.15, -0.1) is 0 Å². The van der Waals surface area contributed by atoms with Crippen molar-refractivity contribution >= 4 is 0 Å². The van der Waals surface area contributed by atoms with Crippen molar-refractivity contribution in [1.82, 2.24) is 14.7 Å². The van der Waals surface area contributed by atoms with Gasteiger partial charge >= 0.3 is 0 Å². The first-order valence-corrected chi connectivity index (χ1v) is 13.7. The Morgan fingerprint density at radius 2 is 1.43 bits per heavy atom. The van der Waals surface area contributed by atoms with Crippen LogP contribution in [0.4, 0.5) is 0 Å². The zero-order chi connectivity index (χ0) is 24.3. The van der Waals surface area contributed by atoms with E-state index in [1.807, 2.05) is 12.1 Å². The van der Waals surface area contributed by atoms with Crippen LogP contribution in [0.15, 0.2) is 48.5 Å². The van der Waals surface area contributed by atoms with Gasteiger partial charge in [-0.25, -0.2) is 0 Å². The number of ether oxygens (including phenoxy) is 2. The second-order valence-electron chi connectivity index (χ2n) is 10.5. The Hall–Kier alpha value is -2.08. The summed E-state index contributed by atoms with van der Waals surface area (Å²) in [7, 11) is 2.23. The molecule has 0 atom stereocenters. The predicted octanol–water partition coefficient (Wildman–Crippen LogP) is 4.73. The number of nitrogens with zero attached hydrogens (tertiary/aromatic N) is 3. The third-order valence-electron chi connectivity index (χ3n) is 7.62. The molecular formula is C30H45N3O2. The highest BCUT2D eigenvalue weighted by Crippen LogP contribution is 2.24. The summed E-state index contributed by atoms with van der Waals surface area (Å²) in [5.41, 5.74) is 2.65. The summed E-state index contributed by atoms with van der Waals surface area (Å²) in [6, 6.07) is 16.9. The summed E-state index contributed by atoms with van der Waals surface area (Å²) in [6.07, 6.45) is 6.02. The van der Waals surface area contributed by atoms with Crippen molar-refractivity contribution < 1.29 is 9.47 Å². The van der Waals surface area contributed by atoms with Crippen LogP contribution in [0.2, 0.25) is 0 Å². The quantitative estimate of drug-likeness (QED) is 0.410. The summed E-state index contributed by atoms with van der Waals surface area (Å²) in [6.45, 7) is 13.4. The van der Waals surface area contributed by atoms with Gasteiger partial charge in [0.05, 0.1) is 13.2 Å². The van der Waals surface area contributed by atoms with Gasteiger partial charge in [0.1, 0.15) is 11.5 Å². The zero-order valence-corrected chi connectivity index (χ0v) is 22.0. The SMILES string of the molecule is Cc1ccc(OCCCOc2cccc(CCC3CCN(CCN4CCN(C)CC4)CC3)c2)cc1. The first kappa shape index (κ1) is 26.0. The highest BCUT2D eigenvalue weighted by molar-refractivity contribution is 5.29. The van der Waals surface area contributed by atoms with Crippen molar-refractivity contribution in [3.63, 3.8) is 0 Å². The van der Waals surface area contributed by atoms with Gasteiger partial charge in [-0.3, -0.25) is 4.90 Å². The number of rotatable bonds is 12. The van der Waals surface area contributed by atoms with E-state index >= 15 is 0 Å². The zero-order valence-electron chi connectivity index (χ0n) is 22.0. The lowest BCUT2D eigenvalue weighted by Crippen LogP contribution is -2.47. The minimum atomic E-state index is 0.677. The molecule has 35 heavy (non-hydrogen) atoms. The third-order valence-corrected chi connectivity index (χ3v) is 7.62. The average Bonchev–Trinajstić information content (AvgIpc) is 2.89. The molecule has 0 bridgehead atoms. The fraction of sp³-hybridized carbons (Fsp3) is 0.600. The third kappa shape index (κ3) is 9.14. The van der Waals surface area contributed by atoms with Crippen LogP contribution in [0.25, 0.3) is 0 Å². The van der Waals surface area contributed by atoms with Crippen molar-refractivity contribution in [1.29, 1.82) is 0 Å². The highest BCUT2D eigenvalue weighted by Gasteiger charge is 2.20. The van der Waals surface area contributed by atoms with Crippen LogP contribution in [0.3, 0.4) is 0 Å². The molecule has 0 unspecified atom stereocenters. The Kier molecular flexibility index (Phi) is 10.3. The number of hydrogen-bond donors (Lipinski definition) is 0. The fourth-order valence-electron chi connectivity index (χ4n) is 5.09. The van der Waals surface area contributed by atoms with Crippen LogP contribution in [0.5, 0.6) is 11.5 Å². The van der Waals surface area contributed by atoms with E-state index < -0.39 is 0 Å². The van der Waals surface area contributed by atoms with Gasteiger partial charge in [0.2, 0.25) is 0 Å². The molecule has 0 N–H and O–H groups in total. The molecule has 4 rings (SSSR count). The fourth-order valence-corrected chi connectivity index (χ4v) is 5.09. The molecule has 2 aliphatic rings. The molecule has 5 nitrogen and oxygen atoms in total. The molecule has 0 amide bonds. The van der Waals surface area contributed by atoms with Crippen molar-refractivity contribution in [2.24, 2.45) is 5.92 Å². The summed E-state index contributed by atoms with van der Waals surface area (Å²) in [4.78, 5) is 7.76. The Balaban J connectivity index is 1.07. The molecule has 0 saturated carbocycles. The lowest BCUT2D eigenvalue weighted by molar-refractivity contribution is 0.118. The van der Waals surface area contributed by atoms with E-state index in [1.54, 1.807) is 0 Å². The molecule has 2 aromatic rings. The average molecular weight is 480 g/mol. The molecule has 192 valence electrons. The maximum Gasteiger partial charge on any atom is 0.119 e. The number of piperidine rings is 1. The van der Waals surface area contributed by atoms with E-state index in [1.165, 1.54) is 82.7 Å². The topological polar surface area (TPSA) is 28.2 Å². The van der Waals surface area contributed by atoms with E-state index in [-0.39, 0.29) is 0 Å². The van der Waals surface area contributed by atoms with E-state index in [4.69, 9.17) is 9.47 Å². The maximum absolute atomic E-state index is 6.00. The first-order valence-electron chi connectivity index (χ1n) is 13.7. The molecule has 2 aromatic carbocycles. The van der Waals surface area contributed by atoms with Crippen molar-refractivity contribution in [3.8, 4) is 11.5 Å². The highest BCUT2D eigenvalue weighted by atomic mass is 16.5.